The molecular formula is C18H20ClFN2O2. The number of hydrogen-bond donors (Lipinski definition) is 2. The van der Waals surface area contributed by atoms with Crippen molar-refractivity contribution < 1.29 is 14.3 Å². The van der Waals surface area contributed by atoms with Crippen LogP contribution >= 0.6 is 11.6 Å². The van der Waals surface area contributed by atoms with E-state index in [1.165, 1.54) is 25.3 Å². The van der Waals surface area contributed by atoms with E-state index in [4.69, 9.17) is 11.6 Å². The summed E-state index contributed by atoms with van der Waals surface area (Å²) in [5.74, 6) is -1.27. The maximum atomic E-state index is 13.2. The Morgan fingerprint density at radius 1 is 1.46 bits per heavy atom. The second kappa shape index (κ2) is 6.48. The van der Waals surface area contributed by atoms with Gasteiger partial charge in [0, 0.05) is 35.6 Å². The fourth-order valence-electron chi connectivity index (χ4n) is 3.06. The number of phenols is 1. The number of carbonyl (C=O) groups is 1. The summed E-state index contributed by atoms with van der Waals surface area (Å²) in [5.41, 5.74) is 1.26. The zero-order valence-electron chi connectivity index (χ0n) is 13.5. The van der Waals surface area contributed by atoms with Crippen LogP contribution in [0, 0.1) is 5.82 Å². The van der Waals surface area contributed by atoms with E-state index in [-0.39, 0.29) is 28.6 Å². The van der Waals surface area contributed by atoms with Crippen LogP contribution in [0.5, 0.6) is 5.75 Å². The molecule has 2 N–H and O–H groups in total. The SMILES string of the molecule is CC1(N2C=CC(NC(=O)Cc3cc(Cl)c(F)cc3O)=CC2)CCC1. The van der Waals surface area contributed by atoms with E-state index in [1.54, 1.807) is 0 Å². The number of nitrogens with zero attached hydrogens (tertiary/aromatic N) is 1. The van der Waals surface area contributed by atoms with Crippen molar-refractivity contribution >= 4 is 17.5 Å². The summed E-state index contributed by atoms with van der Waals surface area (Å²) in [5, 5.41) is 12.4. The van der Waals surface area contributed by atoms with Crippen LogP contribution in [0.4, 0.5) is 4.39 Å². The number of rotatable bonds is 4. The molecule has 24 heavy (non-hydrogen) atoms. The van der Waals surface area contributed by atoms with Crippen LogP contribution in [0.15, 0.2) is 36.2 Å². The second-order valence-electron chi connectivity index (χ2n) is 6.60. The van der Waals surface area contributed by atoms with E-state index in [2.05, 4.69) is 17.1 Å². The zero-order chi connectivity index (χ0) is 17.3. The summed E-state index contributed by atoms with van der Waals surface area (Å²) in [4.78, 5) is 14.4. The lowest BCUT2D eigenvalue weighted by Crippen LogP contribution is -2.49. The minimum absolute atomic E-state index is 0.0710. The summed E-state index contributed by atoms with van der Waals surface area (Å²) < 4.78 is 13.2. The first kappa shape index (κ1) is 16.8. The van der Waals surface area contributed by atoms with Crippen molar-refractivity contribution in [2.75, 3.05) is 6.54 Å². The Morgan fingerprint density at radius 2 is 2.21 bits per heavy atom. The second-order valence-corrected chi connectivity index (χ2v) is 7.01. The monoisotopic (exact) mass is 350 g/mol. The molecule has 3 rings (SSSR count). The molecule has 6 heteroatoms. The predicted molar refractivity (Wildman–Crippen MR) is 91.1 cm³/mol. The number of allylic oxidation sites excluding steroid dienone is 1. The normalized spacial score (nSPS) is 18.8. The fourth-order valence-corrected chi connectivity index (χ4v) is 3.25. The summed E-state index contributed by atoms with van der Waals surface area (Å²) in [6.07, 6.45) is 9.44. The van der Waals surface area contributed by atoms with Crippen LogP contribution in [0.2, 0.25) is 5.02 Å². The highest BCUT2D eigenvalue weighted by molar-refractivity contribution is 6.30. The molecule has 0 unspecified atom stereocenters. The molecule has 128 valence electrons. The van der Waals surface area contributed by atoms with Crippen LogP contribution in [0.25, 0.3) is 0 Å². The first-order valence-corrected chi connectivity index (χ1v) is 8.37. The van der Waals surface area contributed by atoms with Crippen molar-refractivity contribution in [3.8, 4) is 5.75 Å². The Balaban J connectivity index is 1.58. The molecule has 1 saturated carbocycles. The van der Waals surface area contributed by atoms with Crippen LogP contribution in [0.1, 0.15) is 31.7 Å². The van der Waals surface area contributed by atoms with Crippen LogP contribution < -0.4 is 5.32 Å². The van der Waals surface area contributed by atoms with E-state index in [0.29, 0.717) is 5.56 Å². The van der Waals surface area contributed by atoms with Crippen LogP contribution in [0.3, 0.4) is 0 Å². The van der Waals surface area contributed by atoms with Crippen LogP contribution in [-0.4, -0.2) is 28.0 Å². The number of carbonyl (C=O) groups excluding carboxylic acids is 1. The number of amides is 1. The van der Waals surface area contributed by atoms with Gasteiger partial charge in [0.05, 0.1) is 11.4 Å². The quantitative estimate of drug-likeness (QED) is 0.873. The van der Waals surface area contributed by atoms with Crippen molar-refractivity contribution in [1.29, 1.82) is 0 Å². The standard InChI is InChI=1S/C18H20ClFN2O2/c1-18(5-2-6-18)22-7-3-13(4-8-22)21-17(24)10-12-9-14(19)15(20)11-16(12)23/h3-4,7,9,11,23H,2,5-6,8,10H2,1H3,(H,21,24). The summed E-state index contributed by atoms with van der Waals surface area (Å²) >= 11 is 5.69. The van der Waals surface area contributed by atoms with Gasteiger partial charge in [-0.3, -0.25) is 4.79 Å². The van der Waals surface area contributed by atoms with E-state index in [1.807, 2.05) is 18.4 Å². The van der Waals surface area contributed by atoms with Gasteiger partial charge < -0.3 is 15.3 Å². The molecule has 1 aliphatic carbocycles. The molecule has 4 nitrogen and oxygen atoms in total. The van der Waals surface area contributed by atoms with Crippen molar-refractivity contribution in [3.63, 3.8) is 0 Å². The van der Waals surface area contributed by atoms with Gasteiger partial charge >= 0.3 is 0 Å². The minimum Gasteiger partial charge on any atom is -0.508 e. The van der Waals surface area contributed by atoms with Crippen LogP contribution in [-0.2, 0) is 11.2 Å². The molecule has 1 aromatic rings. The third kappa shape index (κ3) is 3.41. The molecule has 0 bridgehead atoms. The molecule has 0 radical (unpaired) electrons. The zero-order valence-corrected chi connectivity index (χ0v) is 14.2. The maximum Gasteiger partial charge on any atom is 0.228 e. The van der Waals surface area contributed by atoms with Crippen molar-refractivity contribution in [3.05, 3.63) is 52.6 Å². The Kier molecular flexibility index (Phi) is 4.54. The fraction of sp³-hybridized carbons (Fsp3) is 0.389. The number of hydrogen-bond acceptors (Lipinski definition) is 3. The Morgan fingerprint density at radius 3 is 2.79 bits per heavy atom. The lowest BCUT2D eigenvalue weighted by molar-refractivity contribution is -0.119. The lowest BCUT2D eigenvalue weighted by Gasteiger charge is -2.48. The van der Waals surface area contributed by atoms with Gasteiger partial charge in [0.1, 0.15) is 11.6 Å². The molecule has 2 aliphatic rings. The summed E-state index contributed by atoms with van der Waals surface area (Å²) in [6, 6.07) is 2.19. The first-order chi connectivity index (χ1) is 11.4. The third-order valence-corrected chi connectivity index (χ3v) is 5.11. The third-order valence-electron chi connectivity index (χ3n) is 4.82. The molecule has 1 amide bonds. The molecule has 1 aromatic carbocycles. The maximum absolute atomic E-state index is 13.2. The van der Waals surface area contributed by atoms with Gasteiger partial charge in [-0.15, -0.1) is 0 Å². The summed E-state index contributed by atoms with van der Waals surface area (Å²) in [7, 11) is 0. The number of benzene rings is 1. The van der Waals surface area contributed by atoms with E-state index in [9.17, 15) is 14.3 Å². The van der Waals surface area contributed by atoms with E-state index >= 15 is 0 Å². The van der Waals surface area contributed by atoms with E-state index < -0.39 is 5.82 Å². The molecule has 0 saturated heterocycles. The minimum atomic E-state index is -0.708. The lowest BCUT2D eigenvalue weighted by atomic mass is 9.77. The van der Waals surface area contributed by atoms with Crippen molar-refractivity contribution in [1.82, 2.24) is 10.2 Å². The molecule has 0 aromatic heterocycles. The average molecular weight is 351 g/mol. The van der Waals surface area contributed by atoms with Crippen molar-refractivity contribution in [2.24, 2.45) is 0 Å². The average Bonchev–Trinajstić information content (AvgIpc) is 2.51. The highest BCUT2D eigenvalue weighted by Crippen LogP contribution is 2.38. The van der Waals surface area contributed by atoms with Gasteiger partial charge in [0.25, 0.3) is 0 Å². The predicted octanol–water partition coefficient (Wildman–Crippen LogP) is 3.50. The number of phenolic OH excluding ortho intramolecular Hbond substituents is 1. The molecule has 0 spiro atoms. The molecule has 1 aliphatic heterocycles. The smallest absolute Gasteiger partial charge is 0.228 e. The first-order valence-electron chi connectivity index (χ1n) is 7.99. The highest BCUT2D eigenvalue weighted by Gasteiger charge is 2.36. The topological polar surface area (TPSA) is 52.6 Å². The summed E-state index contributed by atoms with van der Waals surface area (Å²) in [6.45, 7) is 3.01. The molecular weight excluding hydrogens is 331 g/mol. The Bertz CT molecular complexity index is 726. The molecule has 1 fully saturated rings. The molecule has 0 atom stereocenters. The van der Waals surface area contributed by atoms with Gasteiger partial charge in [0.15, 0.2) is 0 Å². The van der Waals surface area contributed by atoms with Gasteiger partial charge in [-0.25, -0.2) is 4.39 Å². The highest BCUT2D eigenvalue weighted by atomic mass is 35.5. The number of aromatic hydroxyl groups is 1. The van der Waals surface area contributed by atoms with Gasteiger partial charge in [-0.1, -0.05) is 11.6 Å². The van der Waals surface area contributed by atoms with Gasteiger partial charge in [-0.05, 0) is 44.4 Å². The Hall–Kier alpha value is -2.01. The number of halogens is 2. The van der Waals surface area contributed by atoms with Crippen molar-refractivity contribution in [2.45, 2.75) is 38.1 Å². The molecule has 1 heterocycles. The Labute approximate surface area is 145 Å². The number of nitrogens with one attached hydrogen (secondary N) is 1. The van der Waals surface area contributed by atoms with E-state index in [0.717, 1.165) is 18.3 Å². The van der Waals surface area contributed by atoms with Gasteiger partial charge in [-0.2, -0.15) is 0 Å². The van der Waals surface area contributed by atoms with Gasteiger partial charge in [0.2, 0.25) is 5.91 Å². The largest absolute Gasteiger partial charge is 0.508 e.